The van der Waals surface area contributed by atoms with Crippen LogP contribution in [0.15, 0.2) is 29.4 Å². The second-order valence-electron chi connectivity index (χ2n) is 4.08. The van der Waals surface area contributed by atoms with E-state index in [1.807, 2.05) is 0 Å². The lowest BCUT2D eigenvalue weighted by molar-refractivity contribution is -0.168. The lowest BCUT2D eigenvalue weighted by Gasteiger charge is -2.16. The van der Waals surface area contributed by atoms with Gasteiger partial charge in [-0.2, -0.15) is 13.2 Å². The maximum absolute atomic E-state index is 13.0. The molecule has 8 heteroatoms. The van der Waals surface area contributed by atoms with E-state index >= 15 is 0 Å². The van der Waals surface area contributed by atoms with Crippen LogP contribution in [0.4, 0.5) is 17.6 Å². The van der Waals surface area contributed by atoms with Gasteiger partial charge in [0.25, 0.3) is 0 Å². The normalized spacial score (nSPS) is 12.8. The van der Waals surface area contributed by atoms with Crippen molar-refractivity contribution in [3.63, 3.8) is 0 Å². The maximum atomic E-state index is 13.0. The number of oxime groups is 1. The lowest BCUT2D eigenvalue weighted by Crippen LogP contribution is -2.26. The Morgan fingerprint density at radius 2 is 1.64 bits per heavy atom. The number of hydrogen-bond acceptors (Lipinski definition) is 4. The molecule has 1 aromatic carbocycles. The summed E-state index contributed by atoms with van der Waals surface area (Å²) >= 11 is 0. The van der Waals surface area contributed by atoms with E-state index in [2.05, 4.69) is 5.16 Å². The second-order valence-corrected chi connectivity index (χ2v) is 4.08. The van der Waals surface area contributed by atoms with Crippen LogP contribution in [0.25, 0.3) is 0 Å². The molecule has 0 unspecified atom stereocenters. The van der Waals surface area contributed by atoms with E-state index in [1.165, 1.54) is 0 Å². The van der Waals surface area contributed by atoms with Crippen LogP contribution in [-0.2, 0) is 14.3 Å². The monoisotopic (exact) mass is 323 g/mol. The van der Waals surface area contributed by atoms with E-state index < -0.39 is 24.0 Å². The number of ether oxygens (including phenoxy) is 2. The van der Waals surface area contributed by atoms with Gasteiger partial charge in [0.2, 0.25) is 0 Å². The molecule has 0 amide bonds. The summed E-state index contributed by atoms with van der Waals surface area (Å²) in [5, 5.41) is 3.11. The van der Waals surface area contributed by atoms with Crippen LogP contribution in [0.1, 0.15) is 19.4 Å². The zero-order valence-corrected chi connectivity index (χ0v) is 12.2. The molecular formula is C14H17F4NO3. The highest BCUT2D eigenvalue weighted by atomic mass is 19.4. The van der Waals surface area contributed by atoms with Crippen molar-refractivity contribution < 1.29 is 31.9 Å². The average Bonchev–Trinajstić information content (AvgIpc) is 2.44. The van der Waals surface area contributed by atoms with Crippen molar-refractivity contribution in [3.05, 3.63) is 35.6 Å². The summed E-state index contributed by atoms with van der Waals surface area (Å²) in [6.45, 7) is 3.79. The first-order valence-corrected chi connectivity index (χ1v) is 6.64. The number of alkyl halides is 3. The van der Waals surface area contributed by atoms with E-state index in [4.69, 9.17) is 14.3 Å². The number of benzene rings is 1. The van der Waals surface area contributed by atoms with Crippen molar-refractivity contribution in [1.29, 1.82) is 0 Å². The third-order valence-electron chi connectivity index (χ3n) is 2.46. The van der Waals surface area contributed by atoms with E-state index in [0.717, 1.165) is 24.3 Å². The third-order valence-corrected chi connectivity index (χ3v) is 2.46. The van der Waals surface area contributed by atoms with Crippen LogP contribution in [0.2, 0.25) is 0 Å². The van der Waals surface area contributed by atoms with Gasteiger partial charge in [-0.1, -0.05) is 5.16 Å². The van der Waals surface area contributed by atoms with Gasteiger partial charge in [-0.15, -0.1) is 0 Å². The molecule has 0 fully saturated rings. The van der Waals surface area contributed by atoms with Crippen LogP contribution in [0.5, 0.6) is 0 Å². The van der Waals surface area contributed by atoms with Gasteiger partial charge < -0.3 is 14.3 Å². The maximum Gasteiger partial charge on any atom is 0.437 e. The summed E-state index contributed by atoms with van der Waals surface area (Å²) in [6.07, 6.45) is -5.54. The molecule has 0 aliphatic carbocycles. The SMILES string of the molecule is CCOC(CON=C(c1ccc(F)cc1)C(F)(F)F)OCC. The zero-order chi connectivity index (χ0) is 16.6. The first-order chi connectivity index (χ1) is 10.4. The van der Waals surface area contributed by atoms with Crippen LogP contribution in [0, 0.1) is 5.82 Å². The molecule has 0 bridgehead atoms. The minimum atomic E-state index is -4.73. The molecule has 1 aromatic rings. The molecule has 124 valence electrons. The molecule has 0 aliphatic heterocycles. The Hall–Kier alpha value is -1.67. The highest BCUT2D eigenvalue weighted by Crippen LogP contribution is 2.23. The largest absolute Gasteiger partial charge is 0.437 e. The smallest absolute Gasteiger partial charge is 0.390 e. The third kappa shape index (κ3) is 5.98. The Morgan fingerprint density at radius 3 is 2.09 bits per heavy atom. The highest BCUT2D eigenvalue weighted by Gasteiger charge is 2.38. The molecule has 22 heavy (non-hydrogen) atoms. The fourth-order valence-electron chi connectivity index (χ4n) is 1.55. The Morgan fingerprint density at radius 1 is 1.09 bits per heavy atom. The van der Waals surface area contributed by atoms with Gasteiger partial charge in [0.05, 0.1) is 0 Å². The van der Waals surface area contributed by atoms with Crippen molar-refractivity contribution in [2.75, 3.05) is 19.8 Å². The van der Waals surface area contributed by atoms with Crippen molar-refractivity contribution in [2.24, 2.45) is 5.16 Å². The Labute approximate surface area is 125 Å². The van der Waals surface area contributed by atoms with Crippen LogP contribution >= 0.6 is 0 Å². The van der Waals surface area contributed by atoms with Crippen LogP contribution in [-0.4, -0.2) is 38.0 Å². The number of halogens is 4. The molecule has 0 radical (unpaired) electrons. The minimum Gasteiger partial charge on any atom is -0.390 e. The summed E-state index contributed by atoms with van der Waals surface area (Å²) < 4.78 is 61.9. The van der Waals surface area contributed by atoms with Gasteiger partial charge in [-0.3, -0.25) is 0 Å². The van der Waals surface area contributed by atoms with Gasteiger partial charge in [-0.05, 0) is 38.1 Å². The highest BCUT2D eigenvalue weighted by molar-refractivity contribution is 6.04. The first-order valence-electron chi connectivity index (χ1n) is 6.64. The molecule has 4 nitrogen and oxygen atoms in total. The van der Waals surface area contributed by atoms with Crippen LogP contribution < -0.4 is 0 Å². The number of rotatable bonds is 8. The van der Waals surface area contributed by atoms with Gasteiger partial charge in [0, 0.05) is 18.8 Å². The van der Waals surface area contributed by atoms with E-state index in [9.17, 15) is 17.6 Å². The first kappa shape index (κ1) is 18.4. The summed E-state index contributed by atoms with van der Waals surface area (Å²) in [7, 11) is 0. The van der Waals surface area contributed by atoms with E-state index in [-0.39, 0.29) is 12.2 Å². The second kappa shape index (κ2) is 8.70. The molecular weight excluding hydrogens is 306 g/mol. The van der Waals surface area contributed by atoms with Crippen LogP contribution in [0.3, 0.4) is 0 Å². The van der Waals surface area contributed by atoms with Gasteiger partial charge in [0.15, 0.2) is 18.6 Å². The standard InChI is InChI=1S/C14H17F4NO3/c1-3-20-12(21-4-2)9-22-19-13(14(16,17)18)10-5-7-11(15)8-6-10/h5-8,12H,3-4,9H2,1-2H3. The van der Waals surface area contributed by atoms with Gasteiger partial charge in [-0.25, -0.2) is 4.39 Å². The number of hydrogen-bond donors (Lipinski definition) is 0. The molecule has 0 spiro atoms. The summed E-state index contributed by atoms with van der Waals surface area (Å²) in [4.78, 5) is 4.70. The lowest BCUT2D eigenvalue weighted by atomic mass is 10.1. The number of nitrogens with zero attached hydrogens (tertiary/aromatic N) is 1. The molecule has 1 rings (SSSR count). The van der Waals surface area contributed by atoms with E-state index in [1.54, 1.807) is 13.8 Å². The predicted molar refractivity (Wildman–Crippen MR) is 72.0 cm³/mol. The Bertz CT molecular complexity index is 468. The zero-order valence-electron chi connectivity index (χ0n) is 12.2. The summed E-state index contributed by atoms with van der Waals surface area (Å²) in [5.41, 5.74) is -1.54. The minimum absolute atomic E-state index is 0.289. The fourth-order valence-corrected chi connectivity index (χ4v) is 1.55. The Balaban J connectivity index is 2.82. The molecule has 0 saturated carbocycles. The summed E-state index contributed by atoms with van der Waals surface area (Å²) in [6, 6.07) is 3.79. The molecule has 0 aromatic heterocycles. The van der Waals surface area contributed by atoms with Gasteiger partial charge >= 0.3 is 6.18 Å². The molecule has 0 aliphatic rings. The van der Waals surface area contributed by atoms with Crippen molar-refractivity contribution in [1.82, 2.24) is 0 Å². The summed E-state index contributed by atoms with van der Waals surface area (Å²) in [5.74, 6) is -0.640. The fraction of sp³-hybridized carbons (Fsp3) is 0.500. The van der Waals surface area contributed by atoms with Gasteiger partial charge in [0.1, 0.15) is 5.82 Å². The molecule has 0 atom stereocenters. The van der Waals surface area contributed by atoms with Crippen molar-refractivity contribution >= 4 is 5.71 Å². The topological polar surface area (TPSA) is 40.0 Å². The van der Waals surface area contributed by atoms with Crippen molar-refractivity contribution in [2.45, 2.75) is 26.3 Å². The Kier molecular flexibility index (Phi) is 7.26. The van der Waals surface area contributed by atoms with Crippen molar-refractivity contribution in [3.8, 4) is 0 Å². The predicted octanol–water partition coefficient (Wildman–Crippen LogP) is 3.51. The average molecular weight is 323 g/mol. The van der Waals surface area contributed by atoms with E-state index in [0.29, 0.717) is 13.2 Å². The molecule has 0 saturated heterocycles. The molecule has 0 heterocycles. The quantitative estimate of drug-likeness (QED) is 0.318. The molecule has 0 N–H and O–H groups in total.